The molecular formula is C15H17NO4S. The van der Waals surface area contributed by atoms with E-state index in [1.54, 1.807) is 5.38 Å². The fourth-order valence-electron chi connectivity index (χ4n) is 2.07. The molecule has 0 saturated heterocycles. The van der Waals surface area contributed by atoms with Gasteiger partial charge in [0, 0.05) is 22.6 Å². The normalized spacial score (nSPS) is 13.9. The third-order valence-electron chi connectivity index (χ3n) is 3.27. The molecule has 1 aromatic carbocycles. The number of hydrogen-bond acceptors (Lipinski definition) is 4. The van der Waals surface area contributed by atoms with Crippen molar-refractivity contribution in [3.05, 3.63) is 34.7 Å². The first-order valence-electron chi connectivity index (χ1n) is 6.40. The number of hydrogen-bond donors (Lipinski definition) is 2. The summed E-state index contributed by atoms with van der Waals surface area (Å²) in [5.74, 6) is -1.54. The number of nitrogens with one attached hydrogen (secondary N) is 1. The van der Waals surface area contributed by atoms with E-state index in [1.165, 1.54) is 25.4 Å². The van der Waals surface area contributed by atoms with Crippen molar-refractivity contribution >= 4 is 33.3 Å². The van der Waals surface area contributed by atoms with Crippen molar-refractivity contribution in [3.8, 4) is 0 Å². The lowest BCUT2D eigenvalue weighted by Gasteiger charge is -2.25. The molecular weight excluding hydrogens is 290 g/mol. The SMILES string of the molecule is COCC(C)(NC(=O)c1csc2cc(C)ccc12)C(=O)O. The van der Waals surface area contributed by atoms with Gasteiger partial charge in [-0.15, -0.1) is 11.3 Å². The van der Waals surface area contributed by atoms with Gasteiger partial charge in [0.1, 0.15) is 0 Å². The van der Waals surface area contributed by atoms with E-state index >= 15 is 0 Å². The molecule has 2 rings (SSSR count). The lowest BCUT2D eigenvalue weighted by molar-refractivity contribution is -0.145. The number of amides is 1. The lowest BCUT2D eigenvalue weighted by atomic mass is 10.0. The number of methoxy groups -OCH3 is 1. The van der Waals surface area contributed by atoms with Gasteiger partial charge in [-0.25, -0.2) is 4.79 Å². The molecule has 0 saturated carbocycles. The average molecular weight is 307 g/mol. The van der Waals surface area contributed by atoms with Crippen molar-refractivity contribution in [2.45, 2.75) is 19.4 Å². The zero-order valence-electron chi connectivity index (χ0n) is 12.1. The average Bonchev–Trinajstić information content (AvgIpc) is 2.81. The largest absolute Gasteiger partial charge is 0.479 e. The van der Waals surface area contributed by atoms with Gasteiger partial charge in [-0.3, -0.25) is 4.79 Å². The first kappa shape index (κ1) is 15.5. The van der Waals surface area contributed by atoms with Crippen LogP contribution < -0.4 is 5.32 Å². The highest BCUT2D eigenvalue weighted by atomic mass is 32.1. The van der Waals surface area contributed by atoms with Gasteiger partial charge in [0.05, 0.1) is 12.2 Å². The van der Waals surface area contributed by atoms with Gasteiger partial charge in [-0.05, 0) is 25.5 Å². The van der Waals surface area contributed by atoms with Crippen molar-refractivity contribution in [1.82, 2.24) is 5.32 Å². The van der Waals surface area contributed by atoms with Crippen LogP contribution in [-0.2, 0) is 9.53 Å². The molecule has 21 heavy (non-hydrogen) atoms. The number of carboxylic acids is 1. The van der Waals surface area contributed by atoms with E-state index in [0.29, 0.717) is 5.56 Å². The Morgan fingerprint density at radius 2 is 2.14 bits per heavy atom. The third kappa shape index (κ3) is 3.06. The minimum Gasteiger partial charge on any atom is -0.479 e. The van der Waals surface area contributed by atoms with Crippen LogP contribution in [0.3, 0.4) is 0 Å². The van der Waals surface area contributed by atoms with E-state index < -0.39 is 17.4 Å². The van der Waals surface area contributed by atoms with Gasteiger partial charge in [0.25, 0.3) is 5.91 Å². The van der Waals surface area contributed by atoms with Crippen LogP contribution in [0, 0.1) is 6.92 Å². The fraction of sp³-hybridized carbons (Fsp3) is 0.333. The molecule has 6 heteroatoms. The predicted octanol–water partition coefficient (Wildman–Crippen LogP) is 2.43. The van der Waals surface area contributed by atoms with Gasteiger partial charge in [-0.1, -0.05) is 12.1 Å². The van der Waals surface area contributed by atoms with E-state index in [2.05, 4.69) is 5.32 Å². The highest BCUT2D eigenvalue weighted by Crippen LogP contribution is 2.27. The van der Waals surface area contributed by atoms with Crippen molar-refractivity contribution in [3.63, 3.8) is 0 Å². The molecule has 2 aromatic rings. The Morgan fingerprint density at radius 3 is 2.76 bits per heavy atom. The first-order chi connectivity index (χ1) is 9.87. The Bertz CT molecular complexity index is 694. The van der Waals surface area contributed by atoms with Crippen LogP contribution in [0.15, 0.2) is 23.6 Å². The van der Waals surface area contributed by atoms with E-state index in [9.17, 15) is 14.7 Å². The molecule has 0 radical (unpaired) electrons. The van der Waals surface area contributed by atoms with E-state index in [-0.39, 0.29) is 6.61 Å². The number of thiophene rings is 1. The van der Waals surface area contributed by atoms with Gasteiger partial charge in [0.2, 0.25) is 0 Å². The number of benzene rings is 1. The monoisotopic (exact) mass is 307 g/mol. The van der Waals surface area contributed by atoms with Crippen molar-refractivity contribution in [2.24, 2.45) is 0 Å². The van der Waals surface area contributed by atoms with Crippen LogP contribution in [0.25, 0.3) is 10.1 Å². The van der Waals surface area contributed by atoms with Crippen LogP contribution in [-0.4, -0.2) is 36.2 Å². The molecule has 1 aromatic heterocycles. The minimum absolute atomic E-state index is 0.102. The van der Waals surface area contributed by atoms with E-state index in [0.717, 1.165) is 15.6 Å². The Balaban J connectivity index is 2.32. The smallest absolute Gasteiger partial charge is 0.331 e. The number of carbonyl (C=O) groups is 2. The highest BCUT2D eigenvalue weighted by molar-refractivity contribution is 7.17. The summed E-state index contributed by atoms with van der Waals surface area (Å²) in [4.78, 5) is 23.7. The second-order valence-corrected chi connectivity index (χ2v) is 6.08. The number of carbonyl (C=O) groups excluding carboxylic acids is 1. The standard InChI is InChI=1S/C15H17NO4S/c1-9-4-5-10-11(7-21-12(10)6-9)13(17)16-15(2,8-20-3)14(18)19/h4-7H,8H2,1-3H3,(H,16,17)(H,18,19). The molecule has 0 aliphatic carbocycles. The zero-order chi connectivity index (χ0) is 15.6. The molecule has 0 bridgehead atoms. The Morgan fingerprint density at radius 1 is 1.43 bits per heavy atom. The van der Waals surface area contributed by atoms with Crippen LogP contribution in [0.2, 0.25) is 0 Å². The molecule has 1 heterocycles. The summed E-state index contributed by atoms with van der Waals surface area (Å²) in [5, 5.41) is 14.4. The molecule has 1 atom stereocenters. The van der Waals surface area contributed by atoms with Crippen LogP contribution >= 0.6 is 11.3 Å². The van der Waals surface area contributed by atoms with Gasteiger partial charge in [-0.2, -0.15) is 0 Å². The Kier molecular flexibility index (Phi) is 4.29. The summed E-state index contributed by atoms with van der Waals surface area (Å²) in [6.07, 6.45) is 0. The van der Waals surface area contributed by atoms with Crippen molar-refractivity contribution < 1.29 is 19.4 Å². The summed E-state index contributed by atoms with van der Waals surface area (Å²) in [7, 11) is 1.40. The summed E-state index contributed by atoms with van der Waals surface area (Å²) >= 11 is 1.46. The Hall–Kier alpha value is -1.92. The van der Waals surface area contributed by atoms with Crippen LogP contribution in [0.1, 0.15) is 22.8 Å². The van der Waals surface area contributed by atoms with Gasteiger partial charge >= 0.3 is 5.97 Å². The summed E-state index contributed by atoms with van der Waals surface area (Å²) in [6, 6.07) is 5.81. The molecule has 0 fully saturated rings. The van der Waals surface area contributed by atoms with Gasteiger partial charge in [0.15, 0.2) is 5.54 Å². The summed E-state index contributed by atoms with van der Waals surface area (Å²) < 4.78 is 5.90. The maximum Gasteiger partial charge on any atom is 0.331 e. The molecule has 0 aliphatic rings. The molecule has 0 spiro atoms. The molecule has 112 valence electrons. The van der Waals surface area contributed by atoms with Crippen LogP contribution in [0.4, 0.5) is 0 Å². The molecule has 0 aliphatic heterocycles. The second kappa shape index (κ2) is 5.83. The predicted molar refractivity (Wildman–Crippen MR) is 81.9 cm³/mol. The molecule has 2 N–H and O–H groups in total. The highest BCUT2D eigenvalue weighted by Gasteiger charge is 2.35. The van der Waals surface area contributed by atoms with E-state index in [4.69, 9.17) is 4.74 Å². The van der Waals surface area contributed by atoms with Crippen molar-refractivity contribution in [1.29, 1.82) is 0 Å². The maximum atomic E-state index is 12.4. The third-order valence-corrected chi connectivity index (χ3v) is 4.22. The number of aryl methyl sites for hydroxylation is 1. The number of fused-ring (bicyclic) bond motifs is 1. The first-order valence-corrected chi connectivity index (χ1v) is 7.28. The van der Waals surface area contributed by atoms with Crippen molar-refractivity contribution in [2.75, 3.05) is 13.7 Å². The maximum absolute atomic E-state index is 12.4. The molecule has 5 nitrogen and oxygen atoms in total. The topological polar surface area (TPSA) is 75.6 Å². The number of aliphatic carboxylic acids is 1. The number of ether oxygens (including phenoxy) is 1. The number of rotatable bonds is 5. The summed E-state index contributed by atoms with van der Waals surface area (Å²) in [5.41, 5.74) is 0.148. The molecule has 1 unspecified atom stereocenters. The van der Waals surface area contributed by atoms with Gasteiger partial charge < -0.3 is 15.2 Å². The molecule has 1 amide bonds. The zero-order valence-corrected chi connectivity index (χ0v) is 12.9. The number of carboxylic acid groups (broad SMARTS) is 1. The fourth-order valence-corrected chi connectivity index (χ4v) is 3.11. The van der Waals surface area contributed by atoms with E-state index in [1.807, 2.05) is 25.1 Å². The minimum atomic E-state index is -1.45. The van der Waals surface area contributed by atoms with Crippen LogP contribution in [0.5, 0.6) is 0 Å². The Labute approximate surface area is 126 Å². The summed E-state index contributed by atoms with van der Waals surface area (Å²) in [6.45, 7) is 3.31. The lowest BCUT2D eigenvalue weighted by Crippen LogP contribution is -2.55. The second-order valence-electron chi connectivity index (χ2n) is 5.17. The quantitative estimate of drug-likeness (QED) is 0.889.